The second-order valence-electron chi connectivity index (χ2n) is 7.11. The number of hydrogen-bond donors (Lipinski definition) is 3. The minimum Gasteiger partial charge on any atom is -0.480 e. The molecular formula is C19H21N4O5+. The number of primary amides is 1. The Morgan fingerprint density at radius 2 is 1.75 bits per heavy atom. The third-order valence-electron chi connectivity index (χ3n) is 5.16. The molecule has 146 valence electrons. The number of aromatic nitrogens is 1. The van der Waals surface area contributed by atoms with Crippen molar-refractivity contribution in [3.05, 3.63) is 54.4 Å². The second kappa shape index (κ2) is 6.93. The van der Waals surface area contributed by atoms with Crippen LogP contribution >= 0.6 is 0 Å². The van der Waals surface area contributed by atoms with E-state index in [2.05, 4.69) is 10.3 Å². The van der Waals surface area contributed by atoms with Crippen molar-refractivity contribution in [2.24, 2.45) is 5.73 Å². The van der Waals surface area contributed by atoms with Crippen LogP contribution in [0.3, 0.4) is 0 Å². The Kier molecular flexibility index (Phi) is 4.78. The van der Waals surface area contributed by atoms with Crippen molar-refractivity contribution in [2.75, 3.05) is 0 Å². The minimum atomic E-state index is -1.28. The molecule has 1 saturated heterocycles. The summed E-state index contributed by atoms with van der Waals surface area (Å²) in [6.45, 7) is 3.00. The third kappa shape index (κ3) is 3.05. The number of hydrogen-bond acceptors (Lipinski definition) is 5. The van der Waals surface area contributed by atoms with E-state index >= 15 is 0 Å². The van der Waals surface area contributed by atoms with Crippen molar-refractivity contribution in [2.45, 2.75) is 32.0 Å². The Morgan fingerprint density at radius 1 is 1.18 bits per heavy atom. The van der Waals surface area contributed by atoms with Crippen LogP contribution in [-0.4, -0.2) is 44.2 Å². The fourth-order valence-electron chi connectivity index (χ4n) is 3.47. The highest BCUT2D eigenvalue weighted by Crippen LogP contribution is 2.37. The number of ether oxygens (including phenoxy) is 1. The number of carboxylic acid groups (broad SMARTS) is 1. The van der Waals surface area contributed by atoms with Gasteiger partial charge in [-0.3, -0.25) is 10.3 Å². The fourth-order valence-corrected chi connectivity index (χ4v) is 3.47. The van der Waals surface area contributed by atoms with E-state index in [0.717, 1.165) is 0 Å². The lowest BCUT2D eigenvalue weighted by atomic mass is 9.91. The summed E-state index contributed by atoms with van der Waals surface area (Å²) < 4.78 is 4.85. The Balaban J connectivity index is 1.88. The second-order valence-corrected chi connectivity index (χ2v) is 7.11. The Labute approximate surface area is 161 Å². The van der Waals surface area contributed by atoms with Crippen molar-refractivity contribution in [3.63, 3.8) is 0 Å². The average Bonchev–Trinajstić information content (AvgIpc) is 2.85. The average molecular weight is 385 g/mol. The zero-order valence-electron chi connectivity index (χ0n) is 15.5. The molecule has 2 heterocycles. The molecule has 1 aliphatic heterocycles. The zero-order valence-corrected chi connectivity index (χ0v) is 15.5. The highest BCUT2D eigenvalue weighted by molar-refractivity contribution is 5.90. The van der Waals surface area contributed by atoms with Gasteiger partial charge >= 0.3 is 18.0 Å². The van der Waals surface area contributed by atoms with Crippen molar-refractivity contribution < 1.29 is 28.7 Å². The summed E-state index contributed by atoms with van der Waals surface area (Å²) in [5.74, 6) is -0.0393. The van der Waals surface area contributed by atoms with Crippen LogP contribution in [0.5, 0.6) is 11.5 Å². The molecule has 1 fully saturated rings. The number of rotatable bonds is 5. The van der Waals surface area contributed by atoms with Gasteiger partial charge in [-0.05, 0) is 50.2 Å². The summed E-state index contributed by atoms with van der Waals surface area (Å²) in [4.78, 5) is 40.4. The van der Waals surface area contributed by atoms with Crippen molar-refractivity contribution in [1.29, 1.82) is 0 Å². The lowest BCUT2D eigenvalue weighted by molar-refractivity contribution is -0.824. The topological polar surface area (TPSA) is 132 Å². The van der Waals surface area contributed by atoms with Gasteiger partial charge in [0.25, 0.3) is 0 Å². The molecule has 0 saturated carbocycles. The van der Waals surface area contributed by atoms with Crippen LogP contribution in [0.1, 0.15) is 19.4 Å². The smallest absolute Gasteiger partial charge is 0.427 e. The number of pyridine rings is 1. The van der Waals surface area contributed by atoms with Crippen LogP contribution in [0.2, 0.25) is 0 Å². The van der Waals surface area contributed by atoms with Gasteiger partial charge < -0.3 is 15.6 Å². The number of quaternary nitrogens is 1. The molecule has 1 aliphatic rings. The van der Waals surface area contributed by atoms with E-state index in [4.69, 9.17) is 10.5 Å². The maximum atomic E-state index is 12.6. The first-order valence-corrected chi connectivity index (χ1v) is 8.57. The fraction of sp³-hybridized carbons (Fsp3) is 0.263. The van der Waals surface area contributed by atoms with Crippen LogP contribution < -0.4 is 15.8 Å². The molecule has 0 bridgehead atoms. The molecule has 2 aromatic rings. The van der Waals surface area contributed by atoms with E-state index in [0.29, 0.717) is 17.1 Å². The Bertz CT molecular complexity index is 914. The SMILES string of the molecule is CC1(C)[C@H](C(=O)O)NC(=O)[N+]1(Cc1ccc(Oc2ccncc2)cc1)C(N)=O. The van der Waals surface area contributed by atoms with Gasteiger partial charge in [0.05, 0.1) is 0 Å². The Morgan fingerprint density at radius 3 is 2.25 bits per heavy atom. The van der Waals surface area contributed by atoms with Crippen LogP contribution in [0.25, 0.3) is 0 Å². The third-order valence-corrected chi connectivity index (χ3v) is 5.16. The first-order valence-electron chi connectivity index (χ1n) is 8.57. The van der Waals surface area contributed by atoms with E-state index < -0.39 is 34.1 Å². The van der Waals surface area contributed by atoms with Crippen molar-refractivity contribution in [1.82, 2.24) is 10.3 Å². The minimum absolute atomic E-state index is 0.0759. The number of imide groups is 1. The lowest BCUT2D eigenvalue weighted by Gasteiger charge is -2.38. The monoisotopic (exact) mass is 385 g/mol. The van der Waals surface area contributed by atoms with Gasteiger partial charge in [0.1, 0.15) is 23.6 Å². The number of benzene rings is 1. The number of nitrogens with one attached hydrogen (secondary N) is 1. The molecule has 4 N–H and O–H groups in total. The van der Waals surface area contributed by atoms with E-state index in [1.807, 2.05) is 0 Å². The summed E-state index contributed by atoms with van der Waals surface area (Å²) in [7, 11) is 0. The quantitative estimate of drug-likeness (QED) is 0.676. The predicted molar refractivity (Wildman–Crippen MR) is 98.3 cm³/mol. The number of carboxylic acids is 1. The predicted octanol–water partition coefficient (Wildman–Crippen LogP) is 2.22. The first kappa shape index (κ1) is 19.3. The van der Waals surface area contributed by atoms with Crippen LogP contribution in [-0.2, 0) is 11.3 Å². The zero-order chi connectivity index (χ0) is 20.5. The molecule has 0 spiro atoms. The lowest BCUT2D eigenvalue weighted by Crippen LogP contribution is -2.67. The maximum Gasteiger partial charge on any atom is 0.427 e. The summed E-state index contributed by atoms with van der Waals surface area (Å²) in [5, 5.41) is 11.8. The van der Waals surface area contributed by atoms with E-state index in [9.17, 15) is 19.5 Å². The number of carbonyl (C=O) groups is 3. The highest BCUT2D eigenvalue weighted by Gasteiger charge is 2.67. The number of carbonyl (C=O) groups excluding carboxylic acids is 2. The number of nitrogens with zero attached hydrogens (tertiary/aromatic N) is 2. The van der Waals surface area contributed by atoms with Crippen molar-refractivity contribution in [3.8, 4) is 11.5 Å². The summed E-state index contributed by atoms with van der Waals surface area (Å²) >= 11 is 0. The number of amides is 4. The maximum absolute atomic E-state index is 12.6. The molecule has 28 heavy (non-hydrogen) atoms. The summed E-state index contributed by atoms with van der Waals surface area (Å²) in [6.07, 6.45) is 3.22. The number of nitrogens with two attached hydrogens (primary N) is 1. The van der Waals surface area contributed by atoms with Crippen LogP contribution in [0, 0.1) is 0 Å². The molecular weight excluding hydrogens is 364 g/mol. The molecule has 0 radical (unpaired) electrons. The molecule has 1 aromatic heterocycles. The van der Waals surface area contributed by atoms with Crippen LogP contribution in [0.15, 0.2) is 48.8 Å². The largest absolute Gasteiger partial charge is 0.480 e. The van der Waals surface area contributed by atoms with Gasteiger partial charge in [-0.1, -0.05) is 0 Å². The number of urea groups is 2. The van der Waals surface area contributed by atoms with Crippen LogP contribution in [0.4, 0.5) is 9.59 Å². The van der Waals surface area contributed by atoms with Crippen molar-refractivity contribution >= 4 is 18.0 Å². The molecule has 0 aliphatic carbocycles. The highest BCUT2D eigenvalue weighted by atomic mass is 16.5. The molecule has 1 unspecified atom stereocenters. The molecule has 2 atom stereocenters. The van der Waals surface area contributed by atoms with Gasteiger partial charge in [0.15, 0.2) is 6.04 Å². The molecule has 4 amide bonds. The molecule has 9 heteroatoms. The van der Waals surface area contributed by atoms with E-state index in [1.165, 1.54) is 13.8 Å². The molecule has 1 aromatic carbocycles. The van der Waals surface area contributed by atoms with Gasteiger partial charge in [0, 0.05) is 18.0 Å². The Hall–Kier alpha value is -3.46. The van der Waals surface area contributed by atoms with E-state index in [-0.39, 0.29) is 6.54 Å². The first-order chi connectivity index (χ1) is 13.2. The molecule has 9 nitrogen and oxygen atoms in total. The normalized spacial score (nSPS) is 23.1. The van der Waals surface area contributed by atoms with Gasteiger partial charge in [0.2, 0.25) is 0 Å². The van der Waals surface area contributed by atoms with E-state index in [1.54, 1.807) is 48.8 Å². The summed E-state index contributed by atoms with van der Waals surface area (Å²) in [6, 6.07) is 7.35. The van der Waals surface area contributed by atoms with Gasteiger partial charge in [-0.25, -0.2) is 14.4 Å². The van der Waals surface area contributed by atoms with Gasteiger partial charge in [-0.2, -0.15) is 0 Å². The molecule has 3 rings (SSSR count). The number of aliphatic carboxylic acids is 1. The van der Waals surface area contributed by atoms with Gasteiger partial charge in [-0.15, -0.1) is 4.48 Å². The summed E-state index contributed by atoms with van der Waals surface area (Å²) in [5.41, 5.74) is 4.95. The standard InChI is InChI=1S/C19H20N4O5/c1-19(2)15(16(24)25)22-18(27)23(19,17(20)26)11-12-3-5-13(6-4-12)28-14-7-9-21-10-8-14/h3-10,15H,11H2,1-2H3,(H3-,20,22,24,25,26,27)/p+1/t15-,23?/m0/s1.